The summed E-state index contributed by atoms with van der Waals surface area (Å²) in [7, 11) is 0. The van der Waals surface area contributed by atoms with Gasteiger partial charge in [-0.15, -0.1) is 0 Å². The number of carbonyl (C=O) groups excluding carboxylic acids is 2. The second-order valence-corrected chi connectivity index (χ2v) is 3.63. The Labute approximate surface area is 100 Å². The lowest BCUT2D eigenvalue weighted by atomic mass is 10.3. The van der Waals surface area contributed by atoms with Gasteiger partial charge in [0.15, 0.2) is 0 Å². The van der Waals surface area contributed by atoms with Gasteiger partial charge in [0.25, 0.3) is 0 Å². The van der Waals surface area contributed by atoms with Crippen LogP contribution in [-0.2, 0) is 14.3 Å². The molecule has 7 heteroatoms. The molecule has 7 nitrogen and oxygen atoms in total. The van der Waals surface area contributed by atoms with Crippen LogP contribution in [0.2, 0.25) is 0 Å². The van der Waals surface area contributed by atoms with E-state index in [1.165, 1.54) is 4.90 Å². The Balaban J connectivity index is 2.15. The highest BCUT2D eigenvalue weighted by Crippen LogP contribution is 1.93. The van der Waals surface area contributed by atoms with E-state index < -0.39 is 11.8 Å². The van der Waals surface area contributed by atoms with Crippen LogP contribution in [-0.4, -0.2) is 74.4 Å². The molecular formula is C10H19N3O4. The maximum absolute atomic E-state index is 11.6. The molecule has 0 aliphatic carbocycles. The van der Waals surface area contributed by atoms with Crippen molar-refractivity contribution in [1.82, 2.24) is 15.5 Å². The van der Waals surface area contributed by atoms with E-state index in [-0.39, 0.29) is 19.8 Å². The molecule has 0 aromatic carbocycles. The molecule has 1 saturated heterocycles. The van der Waals surface area contributed by atoms with Gasteiger partial charge in [-0.25, -0.2) is 0 Å². The predicted molar refractivity (Wildman–Crippen MR) is 60.4 cm³/mol. The molecule has 1 aliphatic heterocycles. The van der Waals surface area contributed by atoms with Gasteiger partial charge >= 0.3 is 11.8 Å². The van der Waals surface area contributed by atoms with Crippen molar-refractivity contribution in [2.75, 3.05) is 52.5 Å². The SMILES string of the molecule is O=C(NCCOCCO)C(=O)N1CCNCC1. The van der Waals surface area contributed by atoms with Crippen molar-refractivity contribution in [1.29, 1.82) is 0 Å². The van der Waals surface area contributed by atoms with Gasteiger partial charge in [0.2, 0.25) is 0 Å². The van der Waals surface area contributed by atoms with Crippen molar-refractivity contribution < 1.29 is 19.4 Å². The number of nitrogens with one attached hydrogen (secondary N) is 2. The number of hydrogen-bond donors (Lipinski definition) is 3. The largest absolute Gasteiger partial charge is 0.394 e. The highest BCUT2D eigenvalue weighted by Gasteiger charge is 2.22. The number of hydrogen-bond acceptors (Lipinski definition) is 5. The van der Waals surface area contributed by atoms with Crippen LogP contribution >= 0.6 is 0 Å². The lowest BCUT2D eigenvalue weighted by molar-refractivity contribution is -0.146. The summed E-state index contributed by atoms with van der Waals surface area (Å²) in [6, 6.07) is 0. The summed E-state index contributed by atoms with van der Waals surface area (Å²) in [6.45, 7) is 3.32. The Morgan fingerprint density at radius 2 is 2.00 bits per heavy atom. The van der Waals surface area contributed by atoms with E-state index in [4.69, 9.17) is 9.84 Å². The minimum atomic E-state index is -0.598. The third-order valence-electron chi connectivity index (χ3n) is 2.37. The van der Waals surface area contributed by atoms with Crippen LogP contribution in [0.3, 0.4) is 0 Å². The highest BCUT2D eigenvalue weighted by atomic mass is 16.5. The van der Waals surface area contributed by atoms with Gasteiger partial charge in [-0.05, 0) is 0 Å². The van der Waals surface area contributed by atoms with Crippen molar-refractivity contribution in [3.8, 4) is 0 Å². The first-order valence-electron chi connectivity index (χ1n) is 5.72. The maximum Gasteiger partial charge on any atom is 0.311 e. The summed E-state index contributed by atoms with van der Waals surface area (Å²) in [4.78, 5) is 24.6. The number of aliphatic hydroxyl groups is 1. The van der Waals surface area contributed by atoms with Crippen molar-refractivity contribution in [3.05, 3.63) is 0 Å². The minimum Gasteiger partial charge on any atom is -0.394 e. The fourth-order valence-corrected chi connectivity index (χ4v) is 1.49. The molecule has 0 atom stereocenters. The number of amides is 2. The van der Waals surface area contributed by atoms with Gasteiger partial charge in [0.1, 0.15) is 0 Å². The molecule has 0 bridgehead atoms. The van der Waals surface area contributed by atoms with Gasteiger partial charge in [-0.2, -0.15) is 0 Å². The molecule has 1 heterocycles. The number of aliphatic hydroxyl groups excluding tert-OH is 1. The maximum atomic E-state index is 11.6. The summed E-state index contributed by atoms with van der Waals surface area (Å²) in [5, 5.41) is 14.0. The summed E-state index contributed by atoms with van der Waals surface area (Å²) < 4.78 is 4.96. The van der Waals surface area contributed by atoms with Crippen LogP contribution in [0.15, 0.2) is 0 Å². The van der Waals surface area contributed by atoms with E-state index in [9.17, 15) is 9.59 Å². The van der Waals surface area contributed by atoms with Gasteiger partial charge in [-0.1, -0.05) is 0 Å². The minimum absolute atomic E-state index is 0.0480. The zero-order chi connectivity index (χ0) is 12.5. The predicted octanol–water partition coefficient (Wildman–Crippen LogP) is -2.46. The summed E-state index contributed by atoms with van der Waals surface area (Å²) >= 11 is 0. The van der Waals surface area contributed by atoms with E-state index in [0.717, 1.165) is 13.1 Å². The van der Waals surface area contributed by atoms with E-state index in [1.807, 2.05) is 0 Å². The van der Waals surface area contributed by atoms with Crippen molar-refractivity contribution >= 4 is 11.8 Å². The number of nitrogens with zero attached hydrogens (tertiary/aromatic N) is 1. The van der Waals surface area contributed by atoms with Crippen LogP contribution in [0, 0.1) is 0 Å². The highest BCUT2D eigenvalue weighted by molar-refractivity contribution is 6.35. The zero-order valence-electron chi connectivity index (χ0n) is 9.78. The number of ether oxygens (including phenoxy) is 1. The molecule has 0 saturated carbocycles. The normalized spacial score (nSPS) is 15.7. The standard InChI is InChI=1S/C10H19N3O4/c14-6-8-17-7-3-12-9(15)10(16)13-4-1-11-2-5-13/h11,14H,1-8H2,(H,12,15). The van der Waals surface area contributed by atoms with Gasteiger partial charge in [0, 0.05) is 32.7 Å². The molecule has 0 radical (unpaired) electrons. The second kappa shape index (κ2) is 7.99. The van der Waals surface area contributed by atoms with E-state index >= 15 is 0 Å². The molecule has 0 spiro atoms. The summed E-state index contributed by atoms with van der Waals surface area (Å²) in [6.07, 6.45) is 0. The lowest BCUT2D eigenvalue weighted by Crippen LogP contribution is -2.51. The Morgan fingerprint density at radius 3 is 2.65 bits per heavy atom. The summed E-state index contributed by atoms with van der Waals surface area (Å²) in [5.41, 5.74) is 0. The number of rotatable bonds is 5. The molecule has 3 N–H and O–H groups in total. The third kappa shape index (κ3) is 5.12. The smallest absolute Gasteiger partial charge is 0.311 e. The fourth-order valence-electron chi connectivity index (χ4n) is 1.49. The van der Waals surface area contributed by atoms with Crippen LogP contribution in [0.4, 0.5) is 0 Å². The Morgan fingerprint density at radius 1 is 1.29 bits per heavy atom. The Hall–Kier alpha value is -1.18. The average Bonchev–Trinajstić information content (AvgIpc) is 2.38. The molecule has 1 aliphatic rings. The Bertz CT molecular complexity index is 254. The molecule has 0 aromatic heterocycles. The quantitative estimate of drug-likeness (QED) is 0.369. The molecule has 0 unspecified atom stereocenters. The zero-order valence-corrected chi connectivity index (χ0v) is 9.78. The molecule has 2 amide bonds. The second-order valence-electron chi connectivity index (χ2n) is 3.63. The van der Waals surface area contributed by atoms with Gasteiger partial charge in [0.05, 0.1) is 19.8 Å². The topological polar surface area (TPSA) is 90.9 Å². The molecule has 0 aromatic rings. The van der Waals surface area contributed by atoms with Crippen molar-refractivity contribution in [2.24, 2.45) is 0 Å². The van der Waals surface area contributed by atoms with Crippen LogP contribution in [0.25, 0.3) is 0 Å². The molecule has 98 valence electrons. The summed E-state index contributed by atoms with van der Waals surface area (Å²) in [5.74, 6) is -1.09. The van der Waals surface area contributed by atoms with E-state index in [0.29, 0.717) is 19.7 Å². The van der Waals surface area contributed by atoms with E-state index in [2.05, 4.69) is 10.6 Å². The lowest BCUT2D eigenvalue weighted by Gasteiger charge is -2.26. The Kier molecular flexibility index (Phi) is 6.53. The molecule has 1 fully saturated rings. The van der Waals surface area contributed by atoms with E-state index in [1.54, 1.807) is 0 Å². The molecular weight excluding hydrogens is 226 g/mol. The molecule has 1 rings (SSSR count). The van der Waals surface area contributed by atoms with Crippen LogP contribution in [0.1, 0.15) is 0 Å². The number of piperazine rings is 1. The number of carbonyl (C=O) groups is 2. The van der Waals surface area contributed by atoms with Gasteiger partial charge in [-0.3, -0.25) is 9.59 Å². The van der Waals surface area contributed by atoms with Crippen molar-refractivity contribution in [3.63, 3.8) is 0 Å². The third-order valence-corrected chi connectivity index (χ3v) is 2.37. The average molecular weight is 245 g/mol. The first kappa shape index (κ1) is 13.9. The molecule has 17 heavy (non-hydrogen) atoms. The fraction of sp³-hybridized carbons (Fsp3) is 0.800. The first-order valence-corrected chi connectivity index (χ1v) is 5.72. The van der Waals surface area contributed by atoms with Crippen molar-refractivity contribution in [2.45, 2.75) is 0 Å². The van der Waals surface area contributed by atoms with Crippen LogP contribution in [0.5, 0.6) is 0 Å². The monoisotopic (exact) mass is 245 g/mol. The van der Waals surface area contributed by atoms with Gasteiger partial charge < -0.3 is 25.4 Å². The van der Waals surface area contributed by atoms with Crippen LogP contribution < -0.4 is 10.6 Å². The first-order chi connectivity index (χ1) is 8.25.